The average molecular weight is 367 g/mol. The number of carbonyl (C=O) groups excluding carboxylic acids is 2. The summed E-state index contributed by atoms with van der Waals surface area (Å²) in [7, 11) is 0. The molecule has 2 amide bonds. The maximum Gasteiger partial charge on any atom is 0.253 e. The summed E-state index contributed by atoms with van der Waals surface area (Å²) >= 11 is 7.83. The Morgan fingerprint density at radius 3 is 2.54 bits per heavy atom. The summed E-state index contributed by atoms with van der Waals surface area (Å²) in [6, 6.07) is 7.25. The highest BCUT2D eigenvalue weighted by atomic mass is 35.5. The number of piperidine rings is 1. The van der Waals surface area contributed by atoms with E-state index >= 15 is 0 Å². The third-order valence-corrected chi connectivity index (χ3v) is 6.04. The first kappa shape index (κ1) is 17.6. The van der Waals surface area contributed by atoms with E-state index in [2.05, 4.69) is 5.32 Å². The monoisotopic (exact) mass is 366 g/mol. The van der Waals surface area contributed by atoms with Crippen molar-refractivity contribution in [1.82, 2.24) is 10.2 Å². The molecule has 0 saturated carbocycles. The Hall–Kier alpha value is -1.20. The van der Waals surface area contributed by atoms with Gasteiger partial charge in [-0.1, -0.05) is 11.6 Å². The number of nitrogens with zero attached hydrogens (tertiary/aromatic N) is 1. The van der Waals surface area contributed by atoms with Crippen LogP contribution in [0, 0.1) is 5.92 Å². The van der Waals surface area contributed by atoms with Crippen LogP contribution in [0.15, 0.2) is 24.3 Å². The van der Waals surface area contributed by atoms with Crippen molar-refractivity contribution >= 4 is 35.2 Å². The molecular formula is C18H23ClN2O2S. The lowest BCUT2D eigenvalue weighted by Gasteiger charge is -2.33. The highest BCUT2D eigenvalue weighted by molar-refractivity contribution is 7.99. The SMILES string of the molecule is O=C(NC1CCSCC1)C1CCCN(C(=O)c2ccc(Cl)cc2)C1. The van der Waals surface area contributed by atoms with Gasteiger partial charge in [0.05, 0.1) is 5.92 Å². The van der Waals surface area contributed by atoms with E-state index in [9.17, 15) is 9.59 Å². The van der Waals surface area contributed by atoms with Gasteiger partial charge in [0.15, 0.2) is 0 Å². The van der Waals surface area contributed by atoms with E-state index in [0.717, 1.165) is 37.2 Å². The Balaban J connectivity index is 1.58. The summed E-state index contributed by atoms with van der Waals surface area (Å²) in [6.45, 7) is 1.22. The van der Waals surface area contributed by atoms with E-state index in [0.29, 0.717) is 29.7 Å². The second kappa shape index (κ2) is 8.26. The Morgan fingerprint density at radius 1 is 1.12 bits per heavy atom. The lowest BCUT2D eigenvalue weighted by molar-refractivity contribution is -0.127. The molecule has 4 nitrogen and oxygen atoms in total. The molecule has 24 heavy (non-hydrogen) atoms. The maximum atomic E-state index is 12.6. The van der Waals surface area contributed by atoms with Crippen LogP contribution in [0.25, 0.3) is 0 Å². The highest BCUT2D eigenvalue weighted by Gasteiger charge is 2.30. The van der Waals surface area contributed by atoms with Crippen molar-refractivity contribution in [2.24, 2.45) is 5.92 Å². The molecule has 0 aromatic heterocycles. The summed E-state index contributed by atoms with van der Waals surface area (Å²) < 4.78 is 0. The molecule has 130 valence electrons. The van der Waals surface area contributed by atoms with E-state index in [1.807, 2.05) is 11.8 Å². The fraction of sp³-hybridized carbons (Fsp3) is 0.556. The zero-order valence-electron chi connectivity index (χ0n) is 13.7. The van der Waals surface area contributed by atoms with E-state index in [1.165, 1.54) is 0 Å². The molecule has 3 rings (SSSR count). The molecule has 2 heterocycles. The summed E-state index contributed by atoms with van der Waals surface area (Å²) in [4.78, 5) is 27.0. The molecule has 1 N–H and O–H groups in total. The van der Waals surface area contributed by atoms with Crippen LogP contribution in [0.5, 0.6) is 0 Å². The first-order valence-corrected chi connectivity index (χ1v) is 10.1. The minimum absolute atomic E-state index is 0.0155. The second-order valence-corrected chi connectivity index (χ2v) is 8.15. The van der Waals surface area contributed by atoms with Crippen LogP contribution < -0.4 is 5.32 Å². The largest absolute Gasteiger partial charge is 0.353 e. The average Bonchev–Trinajstić information content (AvgIpc) is 2.63. The first-order chi connectivity index (χ1) is 11.6. The van der Waals surface area contributed by atoms with Gasteiger partial charge in [0.25, 0.3) is 5.91 Å². The van der Waals surface area contributed by atoms with Crippen LogP contribution in [0.2, 0.25) is 5.02 Å². The lowest BCUT2D eigenvalue weighted by atomic mass is 9.95. The Kier molecular flexibility index (Phi) is 6.06. The number of thioether (sulfide) groups is 1. The minimum Gasteiger partial charge on any atom is -0.353 e. The number of halogens is 1. The molecular weight excluding hydrogens is 344 g/mol. The van der Waals surface area contributed by atoms with Crippen LogP contribution in [0.1, 0.15) is 36.0 Å². The third kappa shape index (κ3) is 4.45. The number of hydrogen-bond donors (Lipinski definition) is 1. The Bertz CT molecular complexity index is 587. The molecule has 0 spiro atoms. The van der Waals surface area contributed by atoms with Crippen molar-refractivity contribution in [1.29, 1.82) is 0 Å². The van der Waals surface area contributed by atoms with E-state index in [-0.39, 0.29) is 17.7 Å². The molecule has 2 fully saturated rings. The van der Waals surface area contributed by atoms with Crippen LogP contribution in [-0.2, 0) is 4.79 Å². The van der Waals surface area contributed by atoms with Crippen molar-refractivity contribution in [3.63, 3.8) is 0 Å². The molecule has 0 aliphatic carbocycles. The van der Waals surface area contributed by atoms with Gasteiger partial charge < -0.3 is 10.2 Å². The minimum atomic E-state index is -0.0930. The summed E-state index contributed by atoms with van der Waals surface area (Å²) in [5, 5.41) is 3.81. The van der Waals surface area contributed by atoms with Gasteiger partial charge >= 0.3 is 0 Å². The lowest BCUT2D eigenvalue weighted by Crippen LogP contribution is -2.48. The number of amides is 2. The van der Waals surface area contributed by atoms with Gasteiger partial charge in [-0.05, 0) is 61.5 Å². The normalized spacial score (nSPS) is 22.2. The van der Waals surface area contributed by atoms with Crippen molar-refractivity contribution < 1.29 is 9.59 Å². The maximum absolute atomic E-state index is 12.6. The number of likely N-dealkylation sites (tertiary alicyclic amines) is 1. The zero-order chi connectivity index (χ0) is 16.9. The van der Waals surface area contributed by atoms with Gasteiger partial charge in [-0.3, -0.25) is 9.59 Å². The predicted octanol–water partition coefficient (Wildman–Crippen LogP) is 3.20. The topological polar surface area (TPSA) is 49.4 Å². The summed E-state index contributed by atoms with van der Waals surface area (Å²) in [5.41, 5.74) is 0.629. The Morgan fingerprint density at radius 2 is 1.83 bits per heavy atom. The van der Waals surface area contributed by atoms with Crippen LogP contribution in [0.4, 0.5) is 0 Å². The Labute approximate surface area is 152 Å². The molecule has 1 aromatic carbocycles. The van der Waals surface area contributed by atoms with Crippen molar-refractivity contribution in [3.05, 3.63) is 34.9 Å². The van der Waals surface area contributed by atoms with Gasteiger partial charge in [0.2, 0.25) is 5.91 Å². The van der Waals surface area contributed by atoms with E-state index in [4.69, 9.17) is 11.6 Å². The van der Waals surface area contributed by atoms with Gasteiger partial charge in [-0.25, -0.2) is 0 Å². The van der Waals surface area contributed by atoms with Crippen molar-refractivity contribution in [3.8, 4) is 0 Å². The van der Waals surface area contributed by atoms with E-state index in [1.54, 1.807) is 29.2 Å². The molecule has 1 atom stereocenters. The summed E-state index contributed by atoms with van der Waals surface area (Å²) in [6.07, 6.45) is 3.84. The third-order valence-electron chi connectivity index (χ3n) is 4.74. The highest BCUT2D eigenvalue weighted by Crippen LogP contribution is 2.22. The zero-order valence-corrected chi connectivity index (χ0v) is 15.2. The molecule has 1 unspecified atom stereocenters. The standard InChI is InChI=1S/C18H23ClN2O2S/c19-15-5-3-13(4-6-15)18(23)21-9-1-2-14(12-21)17(22)20-16-7-10-24-11-8-16/h3-6,14,16H,1-2,7-12H2,(H,20,22). The van der Waals surface area contributed by atoms with Gasteiger partial charge in [-0.2, -0.15) is 11.8 Å². The quantitative estimate of drug-likeness (QED) is 0.893. The molecule has 2 aliphatic heterocycles. The van der Waals surface area contributed by atoms with Crippen LogP contribution in [-0.4, -0.2) is 47.4 Å². The number of benzene rings is 1. The van der Waals surface area contributed by atoms with Gasteiger partial charge in [-0.15, -0.1) is 0 Å². The van der Waals surface area contributed by atoms with Crippen molar-refractivity contribution in [2.45, 2.75) is 31.7 Å². The number of rotatable bonds is 3. The fourth-order valence-corrected chi connectivity index (χ4v) is 4.54. The summed E-state index contributed by atoms with van der Waals surface area (Å²) in [5.74, 6) is 2.25. The molecule has 0 radical (unpaired) electrons. The molecule has 0 bridgehead atoms. The predicted molar refractivity (Wildman–Crippen MR) is 98.6 cm³/mol. The smallest absolute Gasteiger partial charge is 0.253 e. The second-order valence-electron chi connectivity index (χ2n) is 6.49. The van der Waals surface area contributed by atoms with E-state index < -0.39 is 0 Å². The number of hydrogen-bond acceptors (Lipinski definition) is 3. The van der Waals surface area contributed by atoms with Gasteiger partial charge in [0.1, 0.15) is 0 Å². The van der Waals surface area contributed by atoms with Crippen LogP contribution >= 0.6 is 23.4 Å². The molecule has 6 heteroatoms. The first-order valence-electron chi connectivity index (χ1n) is 8.56. The number of carbonyl (C=O) groups is 2. The molecule has 2 saturated heterocycles. The van der Waals surface area contributed by atoms with Crippen LogP contribution in [0.3, 0.4) is 0 Å². The molecule has 1 aromatic rings. The number of nitrogens with one attached hydrogen (secondary N) is 1. The van der Waals surface area contributed by atoms with Crippen molar-refractivity contribution in [2.75, 3.05) is 24.6 Å². The van der Waals surface area contributed by atoms with Gasteiger partial charge in [0, 0.05) is 29.7 Å². The molecule has 2 aliphatic rings. The fourth-order valence-electron chi connectivity index (χ4n) is 3.31.